The highest BCUT2D eigenvalue weighted by atomic mass is 16.6. The van der Waals surface area contributed by atoms with E-state index in [9.17, 15) is 9.59 Å². The minimum absolute atomic E-state index is 0.138. The van der Waals surface area contributed by atoms with Crippen LogP contribution in [0.15, 0.2) is 12.2 Å². The molecule has 0 aliphatic carbocycles. The van der Waals surface area contributed by atoms with E-state index < -0.39 is 17.9 Å². The van der Waals surface area contributed by atoms with E-state index in [0.717, 1.165) is 0 Å². The molecule has 0 aliphatic rings. The summed E-state index contributed by atoms with van der Waals surface area (Å²) in [5.41, 5.74) is 0. The van der Waals surface area contributed by atoms with Crippen molar-refractivity contribution in [3.63, 3.8) is 0 Å². The molecule has 4 nitrogen and oxygen atoms in total. The normalized spacial score (nSPS) is 12.8. The fourth-order valence-electron chi connectivity index (χ4n) is 1.55. The number of carbonyl (C=O) groups excluding carboxylic acids is 2. The molecule has 0 saturated carbocycles. The molecule has 0 aromatic rings. The number of hydrogen-bond donors (Lipinski definition) is 0. The minimum atomic E-state index is -0.818. The molecule has 4 heteroatoms. The van der Waals surface area contributed by atoms with E-state index in [-0.39, 0.29) is 19.1 Å². The van der Waals surface area contributed by atoms with Gasteiger partial charge in [-0.3, -0.25) is 9.59 Å². The van der Waals surface area contributed by atoms with Crippen molar-refractivity contribution in [2.24, 2.45) is 11.8 Å². The van der Waals surface area contributed by atoms with E-state index >= 15 is 0 Å². The second-order valence-corrected chi connectivity index (χ2v) is 3.80. The van der Waals surface area contributed by atoms with Gasteiger partial charge in [0.15, 0.2) is 5.92 Å². The minimum Gasteiger partial charge on any atom is -0.465 e. The van der Waals surface area contributed by atoms with Gasteiger partial charge in [-0.05, 0) is 33.1 Å². The molecule has 0 unspecified atom stereocenters. The average Bonchev–Trinajstić information content (AvgIpc) is 2.26. The summed E-state index contributed by atoms with van der Waals surface area (Å²) in [7, 11) is 0. The van der Waals surface area contributed by atoms with E-state index in [4.69, 9.17) is 9.47 Å². The number of ether oxygens (including phenoxy) is 2. The summed E-state index contributed by atoms with van der Waals surface area (Å²) in [5, 5.41) is 0. The Balaban J connectivity index is 4.60. The lowest BCUT2D eigenvalue weighted by atomic mass is 9.95. The highest BCUT2D eigenvalue weighted by Gasteiger charge is 2.30. The van der Waals surface area contributed by atoms with Crippen molar-refractivity contribution in [2.45, 2.75) is 34.1 Å². The first-order chi connectivity index (χ1) is 8.06. The monoisotopic (exact) mass is 242 g/mol. The Labute approximate surface area is 103 Å². The largest absolute Gasteiger partial charge is 0.465 e. The van der Waals surface area contributed by atoms with Crippen LogP contribution < -0.4 is 0 Å². The van der Waals surface area contributed by atoms with Gasteiger partial charge in [-0.25, -0.2) is 0 Å². The molecule has 0 aliphatic heterocycles. The maximum absolute atomic E-state index is 11.7. The maximum atomic E-state index is 11.7. The van der Waals surface area contributed by atoms with Crippen LogP contribution in [0.3, 0.4) is 0 Å². The molecule has 0 bridgehead atoms. The average molecular weight is 242 g/mol. The van der Waals surface area contributed by atoms with Crippen molar-refractivity contribution in [3.8, 4) is 0 Å². The molecule has 0 saturated heterocycles. The molecule has 0 amide bonds. The Bertz CT molecular complexity index is 253. The fourth-order valence-corrected chi connectivity index (χ4v) is 1.55. The van der Waals surface area contributed by atoms with Crippen LogP contribution >= 0.6 is 0 Å². The van der Waals surface area contributed by atoms with Crippen LogP contribution in [-0.2, 0) is 19.1 Å². The Morgan fingerprint density at radius 3 is 1.94 bits per heavy atom. The molecule has 0 rings (SSSR count). The first kappa shape index (κ1) is 15.7. The lowest BCUT2D eigenvalue weighted by Gasteiger charge is -2.16. The van der Waals surface area contributed by atoms with Crippen LogP contribution in [0.1, 0.15) is 34.1 Å². The first-order valence-electron chi connectivity index (χ1n) is 6.02. The molecule has 0 N–H and O–H groups in total. The summed E-state index contributed by atoms with van der Waals surface area (Å²) in [5.74, 6) is -1.68. The first-order valence-corrected chi connectivity index (χ1v) is 6.02. The second-order valence-electron chi connectivity index (χ2n) is 3.80. The molecule has 0 aromatic carbocycles. The summed E-state index contributed by atoms with van der Waals surface area (Å²) in [6, 6.07) is 0. The number of hydrogen-bond acceptors (Lipinski definition) is 4. The fraction of sp³-hybridized carbons (Fsp3) is 0.692. The van der Waals surface area contributed by atoms with E-state index in [2.05, 4.69) is 0 Å². The molecule has 1 atom stereocenters. The lowest BCUT2D eigenvalue weighted by molar-refractivity contribution is -0.162. The summed E-state index contributed by atoms with van der Waals surface area (Å²) < 4.78 is 9.77. The topological polar surface area (TPSA) is 52.6 Å². The van der Waals surface area contributed by atoms with E-state index in [0.29, 0.717) is 6.42 Å². The van der Waals surface area contributed by atoms with Gasteiger partial charge in [-0.1, -0.05) is 19.1 Å². The summed E-state index contributed by atoms with van der Waals surface area (Å²) in [6.45, 7) is 7.83. The molecular weight excluding hydrogens is 220 g/mol. The molecule has 0 radical (unpaired) electrons. The zero-order valence-corrected chi connectivity index (χ0v) is 11.1. The quantitative estimate of drug-likeness (QED) is 0.390. The van der Waals surface area contributed by atoms with Crippen molar-refractivity contribution >= 4 is 11.9 Å². The van der Waals surface area contributed by atoms with Crippen molar-refractivity contribution in [1.29, 1.82) is 0 Å². The van der Waals surface area contributed by atoms with Gasteiger partial charge in [0.25, 0.3) is 0 Å². The lowest BCUT2D eigenvalue weighted by Crippen LogP contribution is -2.29. The third-order valence-electron chi connectivity index (χ3n) is 2.27. The number of carbonyl (C=O) groups is 2. The molecule has 17 heavy (non-hydrogen) atoms. The Morgan fingerprint density at radius 1 is 1.12 bits per heavy atom. The molecule has 0 heterocycles. The predicted octanol–water partition coefficient (Wildman–Crippen LogP) is 2.33. The standard InChI is InChI=1S/C13H22O4/c1-5-8-10(4)9-11(12(14)16-6-2)13(15)17-7-3/h5,8,10-11H,6-7,9H2,1-4H3/b8-5+/t10-/m0/s1. The summed E-state index contributed by atoms with van der Waals surface area (Å²) in [6.07, 6.45) is 4.27. The van der Waals surface area contributed by atoms with Gasteiger partial charge < -0.3 is 9.47 Å². The van der Waals surface area contributed by atoms with Gasteiger partial charge in [0.2, 0.25) is 0 Å². The van der Waals surface area contributed by atoms with Crippen molar-refractivity contribution in [3.05, 3.63) is 12.2 Å². The number of allylic oxidation sites excluding steroid dienone is 2. The predicted molar refractivity (Wildman–Crippen MR) is 65.4 cm³/mol. The zero-order chi connectivity index (χ0) is 13.3. The van der Waals surface area contributed by atoms with Crippen LogP contribution in [0.5, 0.6) is 0 Å². The Kier molecular flexibility index (Phi) is 8.11. The van der Waals surface area contributed by atoms with Crippen molar-refractivity contribution < 1.29 is 19.1 Å². The van der Waals surface area contributed by atoms with Crippen LogP contribution in [0, 0.1) is 11.8 Å². The van der Waals surface area contributed by atoms with E-state index in [1.807, 2.05) is 26.0 Å². The van der Waals surface area contributed by atoms with Crippen molar-refractivity contribution in [1.82, 2.24) is 0 Å². The van der Waals surface area contributed by atoms with Crippen LogP contribution in [0.25, 0.3) is 0 Å². The van der Waals surface area contributed by atoms with Gasteiger partial charge in [0, 0.05) is 0 Å². The number of rotatable bonds is 7. The van der Waals surface area contributed by atoms with Gasteiger partial charge in [0.1, 0.15) is 0 Å². The van der Waals surface area contributed by atoms with Gasteiger partial charge in [-0.15, -0.1) is 0 Å². The van der Waals surface area contributed by atoms with Crippen molar-refractivity contribution in [2.75, 3.05) is 13.2 Å². The Morgan fingerprint density at radius 2 is 1.59 bits per heavy atom. The second kappa shape index (κ2) is 8.79. The number of esters is 2. The smallest absolute Gasteiger partial charge is 0.320 e. The van der Waals surface area contributed by atoms with E-state index in [1.54, 1.807) is 13.8 Å². The van der Waals surface area contributed by atoms with E-state index in [1.165, 1.54) is 0 Å². The molecule has 0 fully saturated rings. The van der Waals surface area contributed by atoms with Crippen LogP contribution in [0.4, 0.5) is 0 Å². The van der Waals surface area contributed by atoms with Gasteiger partial charge in [-0.2, -0.15) is 0 Å². The van der Waals surface area contributed by atoms with Crippen LogP contribution in [0.2, 0.25) is 0 Å². The third kappa shape index (κ3) is 6.09. The zero-order valence-electron chi connectivity index (χ0n) is 11.1. The summed E-state index contributed by atoms with van der Waals surface area (Å²) in [4.78, 5) is 23.3. The maximum Gasteiger partial charge on any atom is 0.320 e. The van der Waals surface area contributed by atoms with Gasteiger partial charge in [0.05, 0.1) is 13.2 Å². The van der Waals surface area contributed by atoms with Gasteiger partial charge >= 0.3 is 11.9 Å². The molecule has 0 spiro atoms. The highest BCUT2D eigenvalue weighted by molar-refractivity contribution is 5.94. The molecule has 98 valence electrons. The Hall–Kier alpha value is -1.32. The SMILES string of the molecule is C/C=C/[C@H](C)CC(C(=O)OCC)C(=O)OCC. The third-order valence-corrected chi connectivity index (χ3v) is 2.27. The molecular formula is C13H22O4. The van der Waals surface area contributed by atoms with Crippen LogP contribution in [-0.4, -0.2) is 25.2 Å². The summed E-state index contributed by atoms with van der Waals surface area (Å²) >= 11 is 0. The highest BCUT2D eigenvalue weighted by Crippen LogP contribution is 2.17. The molecule has 0 aromatic heterocycles.